The topological polar surface area (TPSA) is 46.6 Å². The Balaban J connectivity index is 1.91. The average Bonchev–Trinajstić information content (AvgIpc) is 3.02. The van der Waals surface area contributed by atoms with Crippen LogP contribution in [0.1, 0.15) is 26.3 Å². The molecule has 0 aliphatic carbocycles. The van der Waals surface area contributed by atoms with Crippen molar-refractivity contribution in [2.45, 2.75) is 16.8 Å². The van der Waals surface area contributed by atoms with Crippen molar-refractivity contribution in [3.05, 3.63) is 59.2 Å². The SMILES string of the molecule is COC(=O)c1ccc2c(c1)CCN2C(=O)c1ccccc1SC(F)(F)F. The molecule has 2 aromatic rings. The highest BCUT2D eigenvalue weighted by Gasteiger charge is 2.33. The molecule has 1 heterocycles. The molecule has 4 nitrogen and oxygen atoms in total. The van der Waals surface area contributed by atoms with Gasteiger partial charge < -0.3 is 9.64 Å². The quantitative estimate of drug-likeness (QED) is 0.588. The van der Waals surface area contributed by atoms with E-state index < -0.39 is 17.4 Å². The minimum absolute atomic E-state index is 0.000260. The molecule has 0 N–H and O–H groups in total. The van der Waals surface area contributed by atoms with Crippen LogP contribution in [0.5, 0.6) is 0 Å². The molecule has 2 aromatic carbocycles. The van der Waals surface area contributed by atoms with Crippen LogP contribution < -0.4 is 4.90 Å². The van der Waals surface area contributed by atoms with Crippen molar-refractivity contribution in [1.82, 2.24) is 0 Å². The Kier molecular flexibility index (Phi) is 4.95. The number of amides is 1. The second kappa shape index (κ2) is 7.03. The lowest BCUT2D eigenvalue weighted by Crippen LogP contribution is -2.29. The molecule has 136 valence electrons. The van der Waals surface area contributed by atoms with Crippen LogP contribution in [-0.4, -0.2) is 31.0 Å². The molecule has 0 fully saturated rings. The molecule has 0 radical (unpaired) electrons. The summed E-state index contributed by atoms with van der Waals surface area (Å²) in [6, 6.07) is 10.5. The molecule has 1 aliphatic heterocycles. The van der Waals surface area contributed by atoms with Crippen LogP contribution >= 0.6 is 11.8 Å². The molecule has 8 heteroatoms. The van der Waals surface area contributed by atoms with E-state index in [9.17, 15) is 22.8 Å². The van der Waals surface area contributed by atoms with Gasteiger partial charge in [-0.15, -0.1) is 0 Å². The minimum Gasteiger partial charge on any atom is -0.465 e. The zero-order valence-electron chi connectivity index (χ0n) is 13.7. The molecule has 0 saturated carbocycles. The molecule has 3 rings (SSSR count). The molecule has 26 heavy (non-hydrogen) atoms. The fraction of sp³-hybridized carbons (Fsp3) is 0.222. The highest BCUT2D eigenvalue weighted by Crippen LogP contribution is 2.39. The van der Waals surface area contributed by atoms with Gasteiger partial charge in [-0.25, -0.2) is 4.79 Å². The summed E-state index contributed by atoms with van der Waals surface area (Å²) in [5, 5.41) is 0. The number of hydrogen-bond acceptors (Lipinski definition) is 4. The third kappa shape index (κ3) is 3.70. The summed E-state index contributed by atoms with van der Waals surface area (Å²) >= 11 is -0.304. The Morgan fingerprint density at radius 3 is 2.58 bits per heavy atom. The standard InChI is InChI=1S/C18H14F3NO3S/c1-25-17(24)12-6-7-14-11(10-12)8-9-22(14)16(23)13-4-2-3-5-15(13)26-18(19,20)21/h2-7,10H,8-9H2,1H3. The summed E-state index contributed by atoms with van der Waals surface area (Å²) < 4.78 is 42.9. The monoisotopic (exact) mass is 381 g/mol. The van der Waals surface area contributed by atoms with E-state index >= 15 is 0 Å². The molecule has 0 aromatic heterocycles. The molecule has 1 amide bonds. The second-order valence-electron chi connectivity index (χ2n) is 5.59. The Labute approximate surface area is 151 Å². The van der Waals surface area contributed by atoms with E-state index in [1.165, 1.54) is 42.3 Å². The number of hydrogen-bond donors (Lipinski definition) is 0. The summed E-state index contributed by atoms with van der Waals surface area (Å²) in [6.07, 6.45) is 0.514. The van der Waals surface area contributed by atoms with Crippen molar-refractivity contribution in [3.63, 3.8) is 0 Å². The summed E-state index contributed by atoms with van der Waals surface area (Å²) in [7, 11) is 1.28. The van der Waals surface area contributed by atoms with Gasteiger partial charge in [-0.2, -0.15) is 13.2 Å². The maximum absolute atomic E-state index is 12.8. The molecule has 0 bridgehead atoms. The zero-order valence-corrected chi connectivity index (χ0v) is 14.5. The predicted octanol–water partition coefficient (Wildman–Crippen LogP) is 4.29. The van der Waals surface area contributed by atoms with E-state index in [2.05, 4.69) is 4.74 Å². The number of rotatable bonds is 3. The van der Waals surface area contributed by atoms with Crippen LogP contribution in [0.4, 0.5) is 18.9 Å². The summed E-state index contributed by atoms with van der Waals surface area (Å²) in [6.45, 7) is 0.337. The highest BCUT2D eigenvalue weighted by atomic mass is 32.2. The molecular weight excluding hydrogens is 367 g/mol. The first-order valence-corrected chi connectivity index (χ1v) is 8.49. The van der Waals surface area contributed by atoms with E-state index in [1.54, 1.807) is 12.1 Å². The van der Waals surface area contributed by atoms with Crippen LogP contribution in [0, 0.1) is 0 Å². The normalized spacial score (nSPS) is 13.5. The molecule has 1 aliphatic rings. The van der Waals surface area contributed by atoms with Gasteiger partial charge in [0.05, 0.1) is 18.2 Å². The van der Waals surface area contributed by atoms with Gasteiger partial charge >= 0.3 is 11.5 Å². The van der Waals surface area contributed by atoms with E-state index in [4.69, 9.17) is 0 Å². The van der Waals surface area contributed by atoms with Gasteiger partial charge in [-0.05, 0) is 54.1 Å². The van der Waals surface area contributed by atoms with Gasteiger partial charge in [0.25, 0.3) is 5.91 Å². The van der Waals surface area contributed by atoms with Gasteiger partial charge in [0.1, 0.15) is 0 Å². The van der Waals surface area contributed by atoms with Crippen molar-refractivity contribution in [2.24, 2.45) is 0 Å². The van der Waals surface area contributed by atoms with Crippen LogP contribution in [0.2, 0.25) is 0 Å². The fourth-order valence-corrected chi connectivity index (χ4v) is 3.52. The van der Waals surface area contributed by atoms with E-state index in [-0.39, 0.29) is 22.2 Å². The van der Waals surface area contributed by atoms with Gasteiger partial charge in [-0.3, -0.25) is 4.79 Å². The van der Waals surface area contributed by atoms with Crippen molar-refractivity contribution in [1.29, 1.82) is 0 Å². The first-order chi connectivity index (χ1) is 12.3. The Bertz CT molecular complexity index is 867. The lowest BCUT2D eigenvalue weighted by Gasteiger charge is -2.19. The van der Waals surface area contributed by atoms with E-state index in [0.717, 1.165) is 5.56 Å². The molecule has 0 saturated heterocycles. The second-order valence-corrected chi connectivity index (χ2v) is 6.69. The lowest BCUT2D eigenvalue weighted by atomic mass is 10.1. The number of benzene rings is 2. The van der Waals surface area contributed by atoms with Gasteiger partial charge in [-0.1, -0.05) is 12.1 Å². The van der Waals surface area contributed by atoms with Gasteiger partial charge in [0.15, 0.2) is 0 Å². The number of nitrogens with zero attached hydrogens (tertiary/aromatic N) is 1. The molecular formula is C18H14F3NO3S. The largest absolute Gasteiger partial charge is 0.465 e. The predicted molar refractivity (Wildman–Crippen MR) is 91.5 cm³/mol. The van der Waals surface area contributed by atoms with Gasteiger partial charge in [0, 0.05) is 17.1 Å². The lowest BCUT2D eigenvalue weighted by molar-refractivity contribution is -0.0328. The average molecular weight is 381 g/mol. The number of thioether (sulfide) groups is 1. The zero-order chi connectivity index (χ0) is 18.9. The Morgan fingerprint density at radius 2 is 1.88 bits per heavy atom. The highest BCUT2D eigenvalue weighted by molar-refractivity contribution is 8.00. The van der Waals surface area contributed by atoms with Crippen molar-refractivity contribution < 1.29 is 27.5 Å². The number of carbonyl (C=O) groups excluding carboxylic acids is 2. The number of anilines is 1. The summed E-state index contributed by atoms with van der Waals surface area (Å²) in [5.74, 6) is -0.980. The third-order valence-corrected chi connectivity index (χ3v) is 4.79. The molecule has 0 atom stereocenters. The Hall–Kier alpha value is -2.48. The number of halogens is 3. The smallest absolute Gasteiger partial charge is 0.446 e. The van der Waals surface area contributed by atoms with E-state index in [1.807, 2.05) is 0 Å². The van der Waals surface area contributed by atoms with E-state index in [0.29, 0.717) is 24.2 Å². The van der Waals surface area contributed by atoms with Crippen LogP contribution in [0.3, 0.4) is 0 Å². The van der Waals surface area contributed by atoms with Crippen molar-refractivity contribution in [2.75, 3.05) is 18.6 Å². The molecule has 0 spiro atoms. The van der Waals surface area contributed by atoms with Crippen LogP contribution in [0.25, 0.3) is 0 Å². The van der Waals surface area contributed by atoms with Crippen molar-refractivity contribution >= 4 is 29.3 Å². The van der Waals surface area contributed by atoms with Crippen LogP contribution in [0.15, 0.2) is 47.4 Å². The fourth-order valence-electron chi connectivity index (χ4n) is 2.86. The van der Waals surface area contributed by atoms with Gasteiger partial charge in [0.2, 0.25) is 0 Å². The number of esters is 1. The van der Waals surface area contributed by atoms with Crippen LogP contribution in [-0.2, 0) is 11.2 Å². The molecule has 0 unspecified atom stereocenters. The van der Waals surface area contributed by atoms with Crippen molar-refractivity contribution in [3.8, 4) is 0 Å². The first-order valence-electron chi connectivity index (χ1n) is 7.68. The maximum atomic E-state index is 12.8. The summed E-state index contributed by atoms with van der Waals surface area (Å²) in [4.78, 5) is 25.8. The minimum atomic E-state index is -4.48. The Morgan fingerprint density at radius 1 is 1.15 bits per heavy atom. The number of fused-ring (bicyclic) bond motifs is 1. The number of methoxy groups -OCH3 is 1. The summed E-state index contributed by atoms with van der Waals surface area (Å²) in [5.41, 5.74) is -2.74. The number of ether oxygens (including phenoxy) is 1. The third-order valence-electron chi connectivity index (χ3n) is 3.98. The number of carbonyl (C=O) groups is 2. The number of alkyl halides is 3. The first kappa shape index (κ1) is 18.3. The maximum Gasteiger partial charge on any atom is 0.446 e.